The highest BCUT2D eigenvalue weighted by Crippen LogP contribution is 2.33. The van der Waals surface area contributed by atoms with E-state index in [1.807, 2.05) is 13.0 Å². The van der Waals surface area contributed by atoms with Crippen LogP contribution in [0.3, 0.4) is 0 Å². The lowest BCUT2D eigenvalue weighted by Gasteiger charge is -2.22. The van der Waals surface area contributed by atoms with Crippen LogP contribution in [0.4, 0.5) is 4.39 Å². The van der Waals surface area contributed by atoms with Gasteiger partial charge in [0.2, 0.25) is 0 Å². The number of H-pyrrole nitrogens is 1. The second-order valence-electron chi connectivity index (χ2n) is 6.35. The van der Waals surface area contributed by atoms with Gasteiger partial charge in [-0.15, -0.1) is 0 Å². The number of benzene rings is 1. The summed E-state index contributed by atoms with van der Waals surface area (Å²) in [6.07, 6.45) is 2.09. The molecular formula is C18H18FN3O2. The summed E-state index contributed by atoms with van der Waals surface area (Å²) in [7, 11) is 0. The van der Waals surface area contributed by atoms with Crippen molar-refractivity contribution in [3.63, 3.8) is 0 Å². The molecule has 2 aromatic heterocycles. The Morgan fingerprint density at radius 3 is 3.04 bits per heavy atom. The molecule has 3 heterocycles. The van der Waals surface area contributed by atoms with Crippen molar-refractivity contribution in [3.05, 3.63) is 63.5 Å². The van der Waals surface area contributed by atoms with Gasteiger partial charge in [0.15, 0.2) is 11.2 Å². The molecule has 1 fully saturated rings. The van der Waals surface area contributed by atoms with Crippen molar-refractivity contribution in [1.82, 2.24) is 15.0 Å². The Labute approximate surface area is 138 Å². The second kappa shape index (κ2) is 5.87. The van der Waals surface area contributed by atoms with Gasteiger partial charge in [-0.2, -0.15) is 0 Å². The molecule has 0 aliphatic carbocycles. The summed E-state index contributed by atoms with van der Waals surface area (Å²) in [6.45, 7) is 3.47. The number of likely N-dealkylation sites (tertiary alicyclic amines) is 1. The van der Waals surface area contributed by atoms with Crippen LogP contribution in [0.2, 0.25) is 0 Å². The number of aryl methyl sites for hydroxylation is 1. The fourth-order valence-electron chi connectivity index (χ4n) is 3.46. The van der Waals surface area contributed by atoms with Crippen molar-refractivity contribution in [1.29, 1.82) is 0 Å². The summed E-state index contributed by atoms with van der Waals surface area (Å²) in [4.78, 5) is 17.8. The largest absolute Gasteiger partial charge is 0.359 e. The monoisotopic (exact) mass is 327 g/mol. The molecule has 1 saturated heterocycles. The number of aromatic amines is 1. The van der Waals surface area contributed by atoms with Gasteiger partial charge in [0.25, 0.3) is 0 Å². The molecule has 3 aromatic rings. The van der Waals surface area contributed by atoms with E-state index in [1.54, 1.807) is 12.1 Å². The highest BCUT2D eigenvalue weighted by molar-refractivity contribution is 5.78. The summed E-state index contributed by atoms with van der Waals surface area (Å²) in [5.41, 5.74) is 2.19. The zero-order valence-corrected chi connectivity index (χ0v) is 13.4. The highest BCUT2D eigenvalue weighted by atomic mass is 19.1. The van der Waals surface area contributed by atoms with Crippen molar-refractivity contribution in [2.24, 2.45) is 0 Å². The predicted molar refractivity (Wildman–Crippen MR) is 88.2 cm³/mol. The maximum Gasteiger partial charge on any atom is 0.189 e. The van der Waals surface area contributed by atoms with E-state index in [0.29, 0.717) is 17.4 Å². The van der Waals surface area contributed by atoms with Crippen molar-refractivity contribution < 1.29 is 8.91 Å². The first kappa shape index (κ1) is 15.1. The molecular weight excluding hydrogens is 309 g/mol. The van der Waals surface area contributed by atoms with E-state index in [2.05, 4.69) is 15.0 Å². The molecule has 124 valence electrons. The van der Waals surface area contributed by atoms with Gasteiger partial charge >= 0.3 is 0 Å². The van der Waals surface area contributed by atoms with Crippen LogP contribution in [0.15, 0.2) is 39.6 Å². The van der Waals surface area contributed by atoms with Gasteiger partial charge in [-0.05, 0) is 44.5 Å². The molecule has 1 aliphatic heterocycles. The van der Waals surface area contributed by atoms with Gasteiger partial charge in [0.05, 0.1) is 11.7 Å². The van der Waals surface area contributed by atoms with Crippen molar-refractivity contribution in [2.45, 2.75) is 32.4 Å². The SMILES string of the molecule is Cc1cc([C@H]2CCCN2Cc2cc(=O)c3cc(F)ccc3[nH]2)on1. The summed E-state index contributed by atoms with van der Waals surface area (Å²) >= 11 is 0. The number of hydrogen-bond donors (Lipinski definition) is 1. The Hall–Kier alpha value is -2.47. The van der Waals surface area contributed by atoms with Crippen molar-refractivity contribution in [2.75, 3.05) is 6.54 Å². The van der Waals surface area contributed by atoms with Crippen LogP contribution in [-0.4, -0.2) is 21.6 Å². The molecule has 24 heavy (non-hydrogen) atoms. The minimum Gasteiger partial charge on any atom is -0.359 e. The summed E-state index contributed by atoms with van der Waals surface area (Å²) < 4.78 is 18.7. The topological polar surface area (TPSA) is 62.1 Å². The van der Waals surface area contributed by atoms with Gasteiger partial charge < -0.3 is 9.51 Å². The standard InChI is InChI=1S/C18H18FN3O2/c1-11-7-18(24-21-11)16-3-2-6-22(16)10-13-9-17(23)14-8-12(19)4-5-15(14)20-13/h4-5,7-9,16H,2-3,6,10H2,1H3,(H,20,23)/t16-/m1/s1. The zero-order chi connectivity index (χ0) is 16.7. The van der Waals surface area contributed by atoms with E-state index in [9.17, 15) is 9.18 Å². The Morgan fingerprint density at radius 2 is 2.25 bits per heavy atom. The third kappa shape index (κ3) is 2.73. The Morgan fingerprint density at radius 1 is 1.38 bits per heavy atom. The maximum atomic E-state index is 13.3. The van der Waals surface area contributed by atoms with Gasteiger partial charge in [-0.3, -0.25) is 9.69 Å². The number of nitrogens with one attached hydrogen (secondary N) is 1. The summed E-state index contributed by atoms with van der Waals surface area (Å²) in [6, 6.07) is 7.94. The zero-order valence-electron chi connectivity index (χ0n) is 13.4. The van der Waals surface area contributed by atoms with E-state index in [1.165, 1.54) is 12.1 Å². The Kier molecular flexibility index (Phi) is 3.69. The molecule has 4 rings (SSSR count). The first-order valence-electron chi connectivity index (χ1n) is 8.09. The third-order valence-electron chi connectivity index (χ3n) is 4.56. The van der Waals surface area contributed by atoms with E-state index in [-0.39, 0.29) is 11.5 Å². The number of rotatable bonds is 3. The number of aromatic nitrogens is 2. The molecule has 1 atom stereocenters. The van der Waals surface area contributed by atoms with Crippen molar-refractivity contribution in [3.8, 4) is 0 Å². The van der Waals surface area contributed by atoms with Crippen LogP contribution in [0.5, 0.6) is 0 Å². The van der Waals surface area contributed by atoms with Crippen molar-refractivity contribution >= 4 is 10.9 Å². The maximum absolute atomic E-state index is 13.3. The molecule has 0 unspecified atom stereocenters. The second-order valence-corrected chi connectivity index (χ2v) is 6.35. The average Bonchev–Trinajstić information content (AvgIpc) is 3.17. The number of fused-ring (bicyclic) bond motifs is 1. The lowest BCUT2D eigenvalue weighted by atomic mass is 10.1. The van der Waals surface area contributed by atoms with Crippen LogP contribution in [-0.2, 0) is 6.54 Å². The lowest BCUT2D eigenvalue weighted by molar-refractivity contribution is 0.204. The van der Waals surface area contributed by atoms with Crippen LogP contribution in [0, 0.1) is 12.7 Å². The number of halogens is 1. The Balaban J connectivity index is 1.64. The molecule has 1 N–H and O–H groups in total. The fraction of sp³-hybridized carbons (Fsp3) is 0.333. The molecule has 0 amide bonds. The Bertz CT molecular complexity index is 947. The molecule has 6 heteroatoms. The minimum absolute atomic E-state index is 0.162. The first-order valence-corrected chi connectivity index (χ1v) is 8.09. The minimum atomic E-state index is -0.402. The summed E-state index contributed by atoms with van der Waals surface area (Å²) in [5, 5.41) is 4.35. The van der Waals surface area contributed by atoms with E-state index in [0.717, 1.165) is 36.5 Å². The highest BCUT2D eigenvalue weighted by Gasteiger charge is 2.29. The molecule has 1 aromatic carbocycles. The summed E-state index contributed by atoms with van der Waals surface area (Å²) in [5.74, 6) is 0.469. The quantitative estimate of drug-likeness (QED) is 0.802. The van der Waals surface area contributed by atoms with Crippen LogP contribution < -0.4 is 5.43 Å². The molecule has 0 bridgehead atoms. The molecule has 0 radical (unpaired) electrons. The van der Waals surface area contributed by atoms with Gasteiger partial charge in [0, 0.05) is 35.3 Å². The first-order chi connectivity index (χ1) is 11.6. The lowest BCUT2D eigenvalue weighted by Crippen LogP contribution is -2.24. The number of nitrogens with zero attached hydrogens (tertiary/aromatic N) is 2. The van der Waals surface area contributed by atoms with Gasteiger partial charge in [-0.25, -0.2) is 4.39 Å². The van der Waals surface area contributed by atoms with Crippen LogP contribution >= 0.6 is 0 Å². The number of hydrogen-bond acceptors (Lipinski definition) is 4. The van der Waals surface area contributed by atoms with Gasteiger partial charge in [0.1, 0.15) is 5.82 Å². The normalized spacial score (nSPS) is 18.5. The molecule has 1 aliphatic rings. The predicted octanol–water partition coefficient (Wildman–Crippen LogP) is 3.30. The smallest absolute Gasteiger partial charge is 0.189 e. The van der Waals surface area contributed by atoms with E-state index < -0.39 is 5.82 Å². The molecule has 0 spiro atoms. The van der Waals surface area contributed by atoms with Crippen LogP contribution in [0.25, 0.3) is 10.9 Å². The molecule has 5 nitrogen and oxygen atoms in total. The molecule has 0 saturated carbocycles. The van der Waals surface area contributed by atoms with E-state index in [4.69, 9.17) is 4.52 Å². The van der Waals surface area contributed by atoms with Gasteiger partial charge in [-0.1, -0.05) is 5.16 Å². The third-order valence-corrected chi connectivity index (χ3v) is 4.56. The average molecular weight is 327 g/mol. The number of pyridine rings is 1. The van der Waals surface area contributed by atoms with E-state index >= 15 is 0 Å². The fourth-order valence-corrected chi connectivity index (χ4v) is 3.46. The van der Waals surface area contributed by atoms with Crippen LogP contribution in [0.1, 0.15) is 36.0 Å².